The molecular weight excluding hydrogens is 395 g/mol. The van der Waals surface area contributed by atoms with Gasteiger partial charge in [0.15, 0.2) is 6.10 Å². The monoisotopic (exact) mass is 414 g/mol. The Hall–Kier alpha value is -2.56. The number of carbonyl (C=O) groups is 1. The summed E-state index contributed by atoms with van der Waals surface area (Å²) in [6.45, 7) is 5.27. The molecule has 1 heterocycles. The fourth-order valence-corrected chi connectivity index (χ4v) is 3.50. The van der Waals surface area contributed by atoms with Crippen molar-refractivity contribution in [3.8, 4) is 5.69 Å². The topological polar surface area (TPSA) is 44.1 Å². The van der Waals surface area contributed by atoms with Gasteiger partial charge in [-0.2, -0.15) is 5.10 Å². The average molecular weight is 415 g/mol. The third-order valence-corrected chi connectivity index (χ3v) is 5.15. The normalized spacial score (nSPS) is 13.0. The van der Waals surface area contributed by atoms with Crippen molar-refractivity contribution in [1.82, 2.24) is 9.78 Å². The smallest absolute Gasteiger partial charge is 0.303 e. The molecule has 0 N–H and O–H groups in total. The summed E-state index contributed by atoms with van der Waals surface area (Å²) in [6, 6.07) is 17.0. The Morgan fingerprint density at radius 3 is 2.57 bits per heavy atom. The Bertz CT molecular complexity index is 970. The molecule has 0 radical (unpaired) electrons. The lowest BCUT2D eigenvalue weighted by molar-refractivity contribution is -0.148. The van der Waals surface area contributed by atoms with Gasteiger partial charge in [0.2, 0.25) is 0 Å². The van der Waals surface area contributed by atoms with Gasteiger partial charge in [-0.05, 0) is 42.3 Å². The van der Waals surface area contributed by atoms with Crippen molar-refractivity contribution in [3.05, 3.63) is 94.8 Å². The lowest BCUT2D eigenvalue weighted by atomic mass is 9.88. The minimum Gasteiger partial charge on any atom is -0.455 e. The second-order valence-electron chi connectivity index (χ2n) is 6.34. The Morgan fingerprint density at radius 2 is 1.93 bits per heavy atom. The van der Waals surface area contributed by atoms with Crippen LogP contribution in [-0.2, 0) is 9.53 Å². The number of benzene rings is 2. The molecular formula is C22H20Cl2N2O2. The van der Waals surface area contributed by atoms with E-state index in [1.54, 1.807) is 29.1 Å². The van der Waals surface area contributed by atoms with Crippen LogP contribution in [0.25, 0.3) is 5.69 Å². The van der Waals surface area contributed by atoms with Gasteiger partial charge in [-0.15, -0.1) is 6.58 Å². The molecule has 6 heteroatoms. The number of aromatic nitrogens is 2. The summed E-state index contributed by atoms with van der Waals surface area (Å²) < 4.78 is 7.55. The van der Waals surface area contributed by atoms with Crippen LogP contribution in [0.2, 0.25) is 10.0 Å². The van der Waals surface area contributed by atoms with Crippen LogP contribution in [0, 0.1) is 0 Å². The van der Waals surface area contributed by atoms with Crippen molar-refractivity contribution >= 4 is 29.2 Å². The first kappa shape index (κ1) is 20.2. The highest BCUT2D eigenvalue weighted by atomic mass is 35.5. The van der Waals surface area contributed by atoms with Gasteiger partial charge in [0, 0.05) is 19.0 Å². The van der Waals surface area contributed by atoms with Crippen LogP contribution in [0.15, 0.2) is 73.4 Å². The predicted molar refractivity (Wildman–Crippen MR) is 112 cm³/mol. The maximum atomic E-state index is 11.9. The second kappa shape index (κ2) is 9.09. The number of esters is 1. The minimum atomic E-state index is -0.574. The Balaban J connectivity index is 2.10. The van der Waals surface area contributed by atoms with Crippen LogP contribution >= 0.6 is 23.2 Å². The zero-order chi connectivity index (χ0) is 20.1. The summed E-state index contributed by atoms with van der Waals surface area (Å²) in [5, 5.41) is 5.36. The highest BCUT2D eigenvalue weighted by Crippen LogP contribution is 2.39. The van der Waals surface area contributed by atoms with Crippen LogP contribution in [-0.4, -0.2) is 15.7 Å². The van der Waals surface area contributed by atoms with Crippen molar-refractivity contribution in [2.75, 3.05) is 0 Å². The fourth-order valence-electron chi connectivity index (χ4n) is 3.20. The third-order valence-electron chi connectivity index (χ3n) is 4.42. The number of nitrogens with zero attached hydrogens (tertiary/aromatic N) is 2. The summed E-state index contributed by atoms with van der Waals surface area (Å²) in [7, 11) is 0. The summed E-state index contributed by atoms with van der Waals surface area (Å²) in [4.78, 5) is 11.9. The lowest BCUT2D eigenvalue weighted by Gasteiger charge is -2.27. The van der Waals surface area contributed by atoms with E-state index in [-0.39, 0.29) is 11.9 Å². The lowest BCUT2D eigenvalue weighted by Crippen LogP contribution is -2.20. The number of rotatable bonds is 7. The van der Waals surface area contributed by atoms with Crippen molar-refractivity contribution in [1.29, 1.82) is 0 Å². The van der Waals surface area contributed by atoms with Gasteiger partial charge >= 0.3 is 5.97 Å². The zero-order valence-corrected chi connectivity index (χ0v) is 16.9. The van der Waals surface area contributed by atoms with E-state index in [1.807, 2.05) is 42.5 Å². The van der Waals surface area contributed by atoms with Crippen LogP contribution in [0.5, 0.6) is 0 Å². The van der Waals surface area contributed by atoms with E-state index in [9.17, 15) is 4.79 Å². The van der Waals surface area contributed by atoms with Gasteiger partial charge in [0.1, 0.15) is 0 Å². The molecule has 0 amide bonds. The molecule has 3 rings (SSSR count). The molecule has 0 aliphatic heterocycles. The number of halogens is 2. The highest BCUT2D eigenvalue weighted by molar-refractivity contribution is 6.42. The molecule has 0 bridgehead atoms. The Morgan fingerprint density at radius 1 is 1.18 bits per heavy atom. The SMILES string of the molecule is C=CC[C@@H](c1ccc(Cl)c(Cl)c1)[C@H](OC(C)=O)c1ccnn1-c1ccccc1. The Kier molecular flexibility index (Phi) is 6.55. The van der Waals surface area contributed by atoms with Gasteiger partial charge in [-0.25, -0.2) is 4.68 Å². The van der Waals surface area contributed by atoms with E-state index in [1.165, 1.54) is 6.92 Å². The van der Waals surface area contributed by atoms with Crippen molar-refractivity contribution in [3.63, 3.8) is 0 Å². The Labute approximate surface area is 174 Å². The number of allylic oxidation sites excluding steroid dienone is 1. The first-order valence-electron chi connectivity index (χ1n) is 8.83. The van der Waals surface area contributed by atoms with E-state index in [4.69, 9.17) is 27.9 Å². The zero-order valence-electron chi connectivity index (χ0n) is 15.4. The number of hydrogen-bond donors (Lipinski definition) is 0. The second-order valence-corrected chi connectivity index (χ2v) is 7.15. The molecule has 28 heavy (non-hydrogen) atoms. The maximum Gasteiger partial charge on any atom is 0.303 e. The molecule has 0 spiro atoms. The predicted octanol–water partition coefficient (Wildman–Crippen LogP) is 6.14. The van der Waals surface area contributed by atoms with E-state index in [0.717, 1.165) is 16.9 Å². The molecule has 0 saturated carbocycles. The standard InChI is InChI=1S/C22H20Cl2N2O2/c1-3-7-18(16-10-11-19(23)20(24)14-16)22(28-15(2)27)21-12-13-25-26(21)17-8-5-4-6-9-17/h3-6,8-14,18,22H,1,7H2,2H3/t18-,22-/m0/s1. The number of para-hydroxylation sites is 1. The van der Waals surface area contributed by atoms with E-state index in [0.29, 0.717) is 16.5 Å². The van der Waals surface area contributed by atoms with Gasteiger partial charge < -0.3 is 4.74 Å². The first-order valence-corrected chi connectivity index (χ1v) is 9.59. The fraction of sp³-hybridized carbons (Fsp3) is 0.182. The van der Waals surface area contributed by atoms with Crippen LogP contribution in [0.3, 0.4) is 0 Å². The maximum absolute atomic E-state index is 11.9. The summed E-state index contributed by atoms with van der Waals surface area (Å²) in [5.74, 6) is -0.574. The van der Waals surface area contributed by atoms with Crippen LogP contribution in [0.4, 0.5) is 0 Å². The molecule has 4 nitrogen and oxygen atoms in total. The molecule has 0 saturated heterocycles. The largest absolute Gasteiger partial charge is 0.455 e. The van der Waals surface area contributed by atoms with Crippen molar-refractivity contribution < 1.29 is 9.53 Å². The van der Waals surface area contributed by atoms with E-state index < -0.39 is 6.10 Å². The van der Waals surface area contributed by atoms with E-state index >= 15 is 0 Å². The number of ether oxygens (including phenoxy) is 1. The van der Waals surface area contributed by atoms with Crippen molar-refractivity contribution in [2.45, 2.75) is 25.4 Å². The molecule has 2 atom stereocenters. The number of carbonyl (C=O) groups excluding carboxylic acids is 1. The van der Waals surface area contributed by atoms with Crippen molar-refractivity contribution in [2.24, 2.45) is 0 Å². The summed E-state index contributed by atoms with van der Waals surface area (Å²) >= 11 is 12.3. The molecule has 2 aromatic carbocycles. The molecule has 144 valence electrons. The molecule has 1 aromatic heterocycles. The molecule has 0 unspecified atom stereocenters. The van der Waals surface area contributed by atoms with Gasteiger partial charge in [-0.1, -0.05) is 53.5 Å². The summed E-state index contributed by atoms with van der Waals surface area (Å²) in [6.07, 6.45) is 3.50. The van der Waals surface area contributed by atoms with Gasteiger partial charge in [-0.3, -0.25) is 4.79 Å². The third kappa shape index (κ3) is 4.46. The molecule has 0 aliphatic carbocycles. The van der Waals surface area contributed by atoms with Crippen LogP contribution < -0.4 is 0 Å². The molecule has 3 aromatic rings. The molecule has 0 aliphatic rings. The average Bonchev–Trinajstić information content (AvgIpc) is 3.17. The minimum absolute atomic E-state index is 0.199. The summed E-state index contributed by atoms with van der Waals surface area (Å²) in [5.41, 5.74) is 2.55. The quantitative estimate of drug-likeness (QED) is 0.344. The number of hydrogen-bond acceptors (Lipinski definition) is 3. The highest BCUT2D eigenvalue weighted by Gasteiger charge is 2.30. The molecule has 0 fully saturated rings. The first-order chi connectivity index (χ1) is 13.5. The van der Waals surface area contributed by atoms with Gasteiger partial charge in [0.25, 0.3) is 0 Å². The van der Waals surface area contributed by atoms with Crippen LogP contribution in [0.1, 0.15) is 36.6 Å². The van der Waals surface area contributed by atoms with Gasteiger partial charge in [0.05, 0.1) is 21.4 Å². The van der Waals surface area contributed by atoms with E-state index in [2.05, 4.69) is 11.7 Å².